The Morgan fingerprint density at radius 1 is 1.00 bits per heavy atom. The second kappa shape index (κ2) is 9.46. The van der Waals surface area contributed by atoms with Gasteiger partial charge in [-0.3, -0.25) is 9.59 Å². The fourth-order valence-corrected chi connectivity index (χ4v) is 2.31. The van der Waals surface area contributed by atoms with Crippen LogP contribution in [0.5, 0.6) is 0 Å². The number of rotatable bonds is 8. The quantitative estimate of drug-likeness (QED) is 0.625. The van der Waals surface area contributed by atoms with Gasteiger partial charge in [-0.1, -0.05) is 13.8 Å². The minimum atomic E-state index is -2.67. The molecular formula is C11H21AlO5. The maximum absolute atomic E-state index is 11.3. The molecule has 0 amide bonds. The van der Waals surface area contributed by atoms with Gasteiger partial charge < -0.3 is 11.4 Å². The van der Waals surface area contributed by atoms with Gasteiger partial charge in [0.25, 0.3) is 11.9 Å². The standard InChI is InChI=1S/2C4H8O2.C3H7O.Al/c2*1-2-3-4(5)6;1-3(2)4;/h2*2-3H2,1H3,(H,5,6);3H,1-2H3;/q;;-1;+3/p-2. The molecule has 0 heterocycles. The van der Waals surface area contributed by atoms with Gasteiger partial charge in [0.2, 0.25) is 0 Å². The van der Waals surface area contributed by atoms with Gasteiger partial charge in [0, 0.05) is 18.9 Å². The highest BCUT2D eigenvalue weighted by Gasteiger charge is 2.43. The zero-order valence-electron chi connectivity index (χ0n) is 11.0. The van der Waals surface area contributed by atoms with E-state index in [1.54, 1.807) is 13.8 Å². The Morgan fingerprint density at radius 3 is 1.71 bits per heavy atom. The molecule has 0 N–H and O–H groups in total. The molecule has 0 radical (unpaired) electrons. The van der Waals surface area contributed by atoms with Crippen LogP contribution in [0.3, 0.4) is 0 Å². The molecule has 6 heteroatoms. The summed E-state index contributed by atoms with van der Waals surface area (Å²) in [7, 11) is 0. The van der Waals surface area contributed by atoms with Crippen molar-refractivity contribution in [2.24, 2.45) is 0 Å². The first-order chi connectivity index (χ1) is 7.99. The lowest BCUT2D eigenvalue weighted by Crippen LogP contribution is -2.34. The second-order valence-corrected chi connectivity index (χ2v) is 5.27. The van der Waals surface area contributed by atoms with E-state index in [1.165, 1.54) is 0 Å². The van der Waals surface area contributed by atoms with E-state index < -0.39 is 15.1 Å². The molecular weight excluding hydrogens is 239 g/mol. The van der Waals surface area contributed by atoms with Crippen molar-refractivity contribution in [3.05, 3.63) is 0 Å². The van der Waals surface area contributed by atoms with Gasteiger partial charge in [-0.25, -0.2) is 0 Å². The fourth-order valence-electron chi connectivity index (χ4n) is 1.04. The molecule has 0 rings (SSSR count). The van der Waals surface area contributed by atoms with Gasteiger partial charge in [-0.15, -0.1) is 0 Å². The smallest absolute Gasteiger partial charge is 0.562 e. The van der Waals surface area contributed by atoms with Gasteiger partial charge in [-0.2, -0.15) is 0 Å². The van der Waals surface area contributed by atoms with Crippen LogP contribution in [-0.4, -0.2) is 33.2 Å². The number of carbonyl (C=O) groups is 2. The van der Waals surface area contributed by atoms with Crippen molar-refractivity contribution in [2.75, 3.05) is 0 Å². The lowest BCUT2D eigenvalue weighted by molar-refractivity contribution is -0.144. The van der Waals surface area contributed by atoms with Crippen molar-refractivity contribution in [2.45, 2.75) is 59.5 Å². The molecule has 0 saturated carbocycles. The molecule has 5 nitrogen and oxygen atoms in total. The summed E-state index contributed by atoms with van der Waals surface area (Å²) in [5.74, 6) is -0.733. The molecule has 0 saturated heterocycles. The minimum Gasteiger partial charge on any atom is -0.562 e. The Bertz CT molecular complexity index is 222. The third kappa shape index (κ3) is 9.16. The lowest BCUT2D eigenvalue weighted by atomic mass is 10.4. The van der Waals surface area contributed by atoms with Crippen molar-refractivity contribution < 1.29 is 21.0 Å². The lowest BCUT2D eigenvalue weighted by Gasteiger charge is -2.15. The van der Waals surface area contributed by atoms with Crippen LogP contribution in [0, 0.1) is 0 Å². The second-order valence-electron chi connectivity index (χ2n) is 3.95. The van der Waals surface area contributed by atoms with Crippen molar-refractivity contribution in [3.63, 3.8) is 0 Å². The van der Waals surface area contributed by atoms with Crippen LogP contribution in [0.4, 0.5) is 0 Å². The molecule has 98 valence electrons. The Hall–Kier alpha value is -0.568. The van der Waals surface area contributed by atoms with Crippen molar-refractivity contribution in [1.82, 2.24) is 0 Å². The third-order valence-corrected chi connectivity index (χ3v) is 3.42. The molecule has 17 heavy (non-hydrogen) atoms. The third-order valence-electron chi connectivity index (χ3n) is 1.75. The first-order valence-electron chi connectivity index (χ1n) is 6.04. The average molecular weight is 260 g/mol. The van der Waals surface area contributed by atoms with Crippen LogP contribution < -0.4 is 0 Å². The van der Waals surface area contributed by atoms with Gasteiger partial charge in [0.15, 0.2) is 0 Å². The highest BCUT2D eigenvalue weighted by atomic mass is 27.3. The van der Waals surface area contributed by atoms with E-state index in [0.717, 1.165) is 0 Å². The number of hydrogen-bond donors (Lipinski definition) is 0. The monoisotopic (exact) mass is 260 g/mol. The van der Waals surface area contributed by atoms with E-state index in [-0.39, 0.29) is 18.0 Å². The van der Waals surface area contributed by atoms with Crippen LogP contribution >= 0.6 is 0 Å². The van der Waals surface area contributed by atoms with Crippen LogP contribution in [0.15, 0.2) is 0 Å². The SMILES string of the molecule is CCCC(=O)[O][Al]([O]C(=O)CCC)[O]C(C)C. The predicted molar refractivity (Wildman–Crippen MR) is 64.0 cm³/mol. The van der Waals surface area contributed by atoms with E-state index in [4.69, 9.17) is 11.4 Å². The summed E-state index contributed by atoms with van der Waals surface area (Å²) in [6.45, 7) is 7.37. The van der Waals surface area contributed by atoms with Gasteiger partial charge in [-0.05, 0) is 26.7 Å². The summed E-state index contributed by atoms with van der Waals surface area (Å²) in [4.78, 5) is 22.6. The first-order valence-corrected chi connectivity index (χ1v) is 7.45. The summed E-state index contributed by atoms with van der Waals surface area (Å²) in [6, 6.07) is 0. The zero-order chi connectivity index (χ0) is 13.3. The number of carbonyl (C=O) groups excluding carboxylic acids is 2. The molecule has 0 aliphatic carbocycles. The molecule has 0 aliphatic rings. The van der Waals surface area contributed by atoms with Gasteiger partial charge >= 0.3 is 15.1 Å². The van der Waals surface area contributed by atoms with Crippen LogP contribution in [0.1, 0.15) is 53.4 Å². The molecule has 0 spiro atoms. The molecule has 0 unspecified atom stereocenters. The Balaban J connectivity index is 4.22. The van der Waals surface area contributed by atoms with Crippen molar-refractivity contribution in [1.29, 1.82) is 0 Å². The number of hydrogen-bond acceptors (Lipinski definition) is 5. The molecule has 0 fully saturated rings. The molecule has 0 bridgehead atoms. The normalized spacial score (nSPS) is 10.2. The molecule has 0 aromatic carbocycles. The minimum absolute atomic E-state index is 0.129. The molecule has 0 aromatic rings. The van der Waals surface area contributed by atoms with E-state index >= 15 is 0 Å². The summed E-state index contributed by atoms with van der Waals surface area (Å²) in [6.07, 6.45) is 1.90. The van der Waals surface area contributed by atoms with E-state index in [0.29, 0.717) is 25.7 Å². The average Bonchev–Trinajstić information content (AvgIpc) is 2.16. The fraction of sp³-hybridized carbons (Fsp3) is 0.818. The Labute approximate surface area is 108 Å². The maximum Gasteiger partial charge on any atom is 1.10 e. The summed E-state index contributed by atoms with van der Waals surface area (Å²) >= 11 is -2.67. The van der Waals surface area contributed by atoms with E-state index in [2.05, 4.69) is 0 Å². The van der Waals surface area contributed by atoms with E-state index in [1.807, 2.05) is 13.8 Å². The maximum atomic E-state index is 11.3. The molecule has 0 aromatic heterocycles. The Morgan fingerprint density at radius 2 is 1.41 bits per heavy atom. The highest BCUT2D eigenvalue weighted by molar-refractivity contribution is 6.41. The van der Waals surface area contributed by atoms with Crippen LogP contribution in [0.2, 0.25) is 0 Å². The summed E-state index contributed by atoms with van der Waals surface area (Å²) < 4.78 is 15.4. The first kappa shape index (κ1) is 16.4. The van der Waals surface area contributed by atoms with Crippen molar-refractivity contribution in [3.8, 4) is 0 Å². The van der Waals surface area contributed by atoms with E-state index in [9.17, 15) is 9.59 Å². The summed E-state index contributed by atoms with van der Waals surface area (Å²) in [5.41, 5.74) is 0. The predicted octanol–water partition coefficient (Wildman–Crippen LogP) is 2.08. The topological polar surface area (TPSA) is 61.8 Å². The van der Waals surface area contributed by atoms with Gasteiger partial charge in [0.1, 0.15) is 0 Å². The Kier molecular flexibility index (Phi) is 9.15. The van der Waals surface area contributed by atoms with Crippen LogP contribution in [0.25, 0.3) is 0 Å². The van der Waals surface area contributed by atoms with Gasteiger partial charge in [0.05, 0.1) is 0 Å². The molecule has 0 atom stereocenters. The van der Waals surface area contributed by atoms with Crippen molar-refractivity contribution >= 4 is 27.1 Å². The zero-order valence-corrected chi connectivity index (χ0v) is 12.2. The molecule has 0 aliphatic heterocycles. The van der Waals surface area contributed by atoms with Crippen LogP contribution in [-0.2, 0) is 21.0 Å². The summed E-state index contributed by atoms with van der Waals surface area (Å²) in [5, 5.41) is 0. The highest BCUT2D eigenvalue weighted by Crippen LogP contribution is 2.03. The largest absolute Gasteiger partial charge is 1.10 e.